The lowest BCUT2D eigenvalue weighted by Gasteiger charge is -2.14. The van der Waals surface area contributed by atoms with Crippen LogP contribution in [0.4, 0.5) is 4.39 Å². The minimum absolute atomic E-state index is 0.338. The van der Waals surface area contributed by atoms with Crippen LogP contribution in [0, 0.1) is 12.7 Å². The quantitative estimate of drug-likeness (QED) is 0.909. The molecule has 0 radical (unpaired) electrons. The molecule has 1 atom stereocenters. The van der Waals surface area contributed by atoms with Crippen LogP contribution < -0.4 is 4.74 Å². The van der Waals surface area contributed by atoms with E-state index < -0.39 is 6.10 Å². The van der Waals surface area contributed by atoms with Gasteiger partial charge in [0.2, 0.25) is 0 Å². The highest BCUT2D eigenvalue weighted by atomic mass is 19.1. The molecule has 3 heteroatoms. The van der Waals surface area contributed by atoms with Crippen LogP contribution in [-0.4, -0.2) is 11.7 Å². The number of benzene rings is 2. The maximum atomic E-state index is 13.4. The topological polar surface area (TPSA) is 29.5 Å². The molecule has 0 saturated carbocycles. The van der Waals surface area contributed by atoms with E-state index in [0.29, 0.717) is 23.5 Å². The molecule has 0 aromatic heterocycles. The molecule has 0 aliphatic carbocycles. The molecular weight excluding hydrogens is 243 g/mol. The van der Waals surface area contributed by atoms with Crippen LogP contribution in [0.2, 0.25) is 0 Å². The molecule has 0 amide bonds. The summed E-state index contributed by atoms with van der Waals surface area (Å²) in [6.45, 7) is 4.27. The number of aryl methyl sites for hydroxylation is 1. The number of hydrogen-bond acceptors (Lipinski definition) is 2. The van der Waals surface area contributed by atoms with Crippen LogP contribution in [0.5, 0.6) is 5.75 Å². The Kier molecular flexibility index (Phi) is 4.17. The van der Waals surface area contributed by atoms with Gasteiger partial charge in [0.05, 0.1) is 6.61 Å². The first-order valence-electron chi connectivity index (χ1n) is 6.28. The molecule has 2 rings (SSSR count). The molecule has 2 nitrogen and oxygen atoms in total. The van der Waals surface area contributed by atoms with Crippen molar-refractivity contribution in [3.05, 3.63) is 65.0 Å². The number of ether oxygens (including phenoxy) is 1. The fraction of sp³-hybridized carbons (Fsp3) is 0.250. The molecule has 1 unspecified atom stereocenters. The highest BCUT2D eigenvalue weighted by Crippen LogP contribution is 2.26. The molecule has 0 aliphatic heterocycles. The van der Waals surface area contributed by atoms with E-state index in [4.69, 9.17) is 4.74 Å². The maximum Gasteiger partial charge on any atom is 0.123 e. The Morgan fingerprint density at radius 3 is 2.63 bits per heavy atom. The van der Waals surface area contributed by atoms with Gasteiger partial charge in [-0.05, 0) is 54.8 Å². The van der Waals surface area contributed by atoms with Crippen LogP contribution in [0.3, 0.4) is 0 Å². The van der Waals surface area contributed by atoms with E-state index in [1.807, 2.05) is 19.1 Å². The van der Waals surface area contributed by atoms with Crippen LogP contribution >= 0.6 is 0 Å². The molecule has 0 aliphatic rings. The smallest absolute Gasteiger partial charge is 0.123 e. The molecule has 0 fully saturated rings. The highest BCUT2D eigenvalue weighted by Gasteiger charge is 2.12. The predicted molar refractivity (Wildman–Crippen MR) is 72.8 cm³/mol. The van der Waals surface area contributed by atoms with Gasteiger partial charge >= 0.3 is 0 Å². The minimum Gasteiger partial charge on any atom is -0.494 e. The van der Waals surface area contributed by atoms with Crippen LogP contribution in [0.15, 0.2) is 42.5 Å². The van der Waals surface area contributed by atoms with Gasteiger partial charge in [-0.1, -0.05) is 18.2 Å². The molecule has 0 heterocycles. The second kappa shape index (κ2) is 5.85. The molecular formula is C16H17FO2. The lowest BCUT2D eigenvalue weighted by molar-refractivity contribution is 0.219. The van der Waals surface area contributed by atoms with Crippen molar-refractivity contribution < 1.29 is 14.2 Å². The van der Waals surface area contributed by atoms with Gasteiger partial charge in [-0.2, -0.15) is 0 Å². The second-order valence-corrected chi connectivity index (χ2v) is 4.47. The molecule has 2 aromatic carbocycles. The van der Waals surface area contributed by atoms with E-state index in [2.05, 4.69) is 0 Å². The van der Waals surface area contributed by atoms with E-state index in [1.54, 1.807) is 25.1 Å². The Balaban J connectivity index is 2.32. The van der Waals surface area contributed by atoms with Crippen molar-refractivity contribution in [1.29, 1.82) is 0 Å². The molecule has 0 saturated heterocycles. The van der Waals surface area contributed by atoms with Gasteiger partial charge in [-0.25, -0.2) is 4.39 Å². The van der Waals surface area contributed by atoms with E-state index >= 15 is 0 Å². The number of halogens is 1. The van der Waals surface area contributed by atoms with Crippen molar-refractivity contribution in [2.24, 2.45) is 0 Å². The summed E-state index contributed by atoms with van der Waals surface area (Å²) in [6.07, 6.45) is -0.852. The average Bonchev–Trinajstić information content (AvgIpc) is 2.37. The Labute approximate surface area is 112 Å². The zero-order chi connectivity index (χ0) is 13.8. The standard InChI is InChI=1S/C16H17FO2/c1-3-19-15-6-4-5-12(10-15)16(18)13-7-11(2)8-14(17)9-13/h4-10,16,18H,3H2,1-2H3. The first-order chi connectivity index (χ1) is 9.10. The summed E-state index contributed by atoms with van der Waals surface area (Å²) < 4.78 is 18.8. The lowest BCUT2D eigenvalue weighted by Crippen LogP contribution is -2.02. The molecule has 100 valence electrons. The van der Waals surface area contributed by atoms with Crippen molar-refractivity contribution in [2.75, 3.05) is 6.61 Å². The van der Waals surface area contributed by atoms with Crippen molar-refractivity contribution >= 4 is 0 Å². The van der Waals surface area contributed by atoms with E-state index in [9.17, 15) is 9.50 Å². The molecule has 0 bridgehead atoms. The third-order valence-electron chi connectivity index (χ3n) is 2.87. The van der Waals surface area contributed by atoms with Gasteiger partial charge in [-0.3, -0.25) is 0 Å². The average molecular weight is 260 g/mol. The summed E-state index contributed by atoms with van der Waals surface area (Å²) in [4.78, 5) is 0. The summed E-state index contributed by atoms with van der Waals surface area (Å²) in [5.74, 6) is 0.363. The van der Waals surface area contributed by atoms with E-state index in [1.165, 1.54) is 12.1 Å². The van der Waals surface area contributed by atoms with Gasteiger partial charge in [0, 0.05) is 0 Å². The normalized spacial score (nSPS) is 12.2. The summed E-state index contributed by atoms with van der Waals surface area (Å²) in [7, 11) is 0. The minimum atomic E-state index is -0.852. The van der Waals surface area contributed by atoms with Crippen molar-refractivity contribution in [1.82, 2.24) is 0 Å². The summed E-state index contributed by atoms with van der Waals surface area (Å²) in [6, 6.07) is 11.8. The number of aliphatic hydroxyl groups is 1. The van der Waals surface area contributed by atoms with E-state index in [-0.39, 0.29) is 5.82 Å². The highest BCUT2D eigenvalue weighted by molar-refractivity contribution is 5.36. The largest absolute Gasteiger partial charge is 0.494 e. The first kappa shape index (κ1) is 13.6. The van der Waals surface area contributed by atoms with Gasteiger partial charge < -0.3 is 9.84 Å². The number of aliphatic hydroxyl groups excluding tert-OH is 1. The van der Waals surface area contributed by atoms with Gasteiger partial charge in [0.25, 0.3) is 0 Å². The first-order valence-corrected chi connectivity index (χ1v) is 6.28. The van der Waals surface area contributed by atoms with Crippen molar-refractivity contribution in [3.63, 3.8) is 0 Å². The third-order valence-corrected chi connectivity index (χ3v) is 2.87. The van der Waals surface area contributed by atoms with Gasteiger partial charge in [0.15, 0.2) is 0 Å². The summed E-state index contributed by atoms with van der Waals surface area (Å²) in [5, 5.41) is 10.3. The second-order valence-electron chi connectivity index (χ2n) is 4.47. The number of rotatable bonds is 4. The van der Waals surface area contributed by atoms with Gasteiger partial charge in [-0.15, -0.1) is 0 Å². The summed E-state index contributed by atoms with van der Waals surface area (Å²) >= 11 is 0. The molecule has 1 N–H and O–H groups in total. The zero-order valence-electron chi connectivity index (χ0n) is 11.1. The summed E-state index contributed by atoms with van der Waals surface area (Å²) in [5.41, 5.74) is 2.03. The Hall–Kier alpha value is -1.87. The zero-order valence-corrected chi connectivity index (χ0v) is 11.1. The van der Waals surface area contributed by atoms with Crippen LogP contribution in [-0.2, 0) is 0 Å². The molecule has 0 spiro atoms. The fourth-order valence-corrected chi connectivity index (χ4v) is 2.06. The van der Waals surface area contributed by atoms with Crippen LogP contribution in [0.1, 0.15) is 29.7 Å². The maximum absolute atomic E-state index is 13.4. The molecule has 2 aromatic rings. The monoisotopic (exact) mass is 260 g/mol. The Bertz CT molecular complexity index is 546. The fourth-order valence-electron chi connectivity index (χ4n) is 2.06. The number of hydrogen-bond donors (Lipinski definition) is 1. The van der Waals surface area contributed by atoms with Gasteiger partial charge in [0.1, 0.15) is 17.7 Å². The Morgan fingerprint density at radius 1 is 1.16 bits per heavy atom. The SMILES string of the molecule is CCOc1cccc(C(O)c2cc(C)cc(F)c2)c1. The Morgan fingerprint density at radius 2 is 1.95 bits per heavy atom. The predicted octanol–water partition coefficient (Wildman–Crippen LogP) is 3.61. The van der Waals surface area contributed by atoms with Crippen molar-refractivity contribution in [3.8, 4) is 5.75 Å². The third kappa shape index (κ3) is 3.32. The van der Waals surface area contributed by atoms with E-state index in [0.717, 1.165) is 5.56 Å². The molecule has 19 heavy (non-hydrogen) atoms. The van der Waals surface area contributed by atoms with Crippen LogP contribution in [0.25, 0.3) is 0 Å². The lowest BCUT2D eigenvalue weighted by atomic mass is 9.99. The van der Waals surface area contributed by atoms with Crippen molar-refractivity contribution in [2.45, 2.75) is 20.0 Å².